The Labute approximate surface area is 167 Å². The lowest BCUT2D eigenvalue weighted by Gasteiger charge is -2.22. The highest BCUT2D eigenvalue weighted by molar-refractivity contribution is 7.22. The smallest absolute Gasteiger partial charge is 0.261 e. The van der Waals surface area contributed by atoms with Gasteiger partial charge in [-0.2, -0.15) is 0 Å². The van der Waals surface area contributed by atoms with Crippen molar-refractivity contribution in [2.24, 2.45) is 0 Å². The summed E-state index contributed by atoms with van der Waals surface area (Å²) in [7, 11) is 3.89. The molecule has 0 N–H and O–H groups in total. The van der Waals surface area contributed by atoms with Crippen LogP contribution < -0.4 is 4.90 Å². The summed E-state index contributed by atoms with van der Waals surface area (Å²) in [6, 6.07) is 7.91. The van der Waals surface area contributed by atoms with E-state index in [1.807, 2.05) is 38.9 Å². The van der Waals surface area contributed by atoms with Crippen LogP contribution in [-0.4, -0.2) is 43.0 Å². The lowest BCUT2D eigenvalue weighted by Crippen LogP contribution is -2.36. The molecular formula is C20H21ClFN3OS. The number of fused-ring (bicyclic) bond motifs is 1. The normalized spacial score (nSPS) is 11.4. The van der Waals surface area contributed by atoms with Gasteiger partial charge in [-0.25, -0.2) is 9.37 Å². The molecule has 2 aromatic carbocycles. The first-order valence-electron chi connectivity index (χ1n) is 8.56. The van der Waals surface area contributed by atoms with Crippen molar-refractivity contribution in [3.8, 4) is 0 Å². The second-order valence-electron chi connectivity index (χ2n) is 6.73. The summed E-state index contributed by atoms with van der Waals surface area (Å²) in [5, 5.41) is 0.717. The molecule has 0 fully saturated rings. The van der Waals surface area contributed by atoms with Crippen LogP contribution in [0, 0.1) is 19.7 Å². The molecular weight excluding hydrogens is 385 g/mol. The number of carbonyl (C=O) groups excluding carboxylic acids is 1. The fourth-order valence-corrected chi connectivity index (χ4v) is 4.02. The average Bonchev–Trinajstić information content (AvgIpc) is 3.02. The quantitative estimate of drug-likeness (QED) is 0.604. The molecule has 0 spiro atoms. The predicted octanol–water partition coefficient (Wildman–Crippen LogP) is 4.91. The Morgan fingerprint density at radius 2 is 1.93 bits per heavy atom. The lowest BCUT2D eigenvalue weighted by atomic mass is 10.1. The van der Waals surface area contributed by atoms with Gasteiger partial charge in [0.1, 0.15) is 5.82 Å². The molecule has 1 heterocycles. The van der Waals surface area contributed by atoms with Crippen molar-refractivity contribution in [2.45, 2.75) is 13.8 Å². The number of aryl methyl sites for hydroxylation is 2. The Kier molecular flexibility index (Phi) is 5.79. The maximum atomic E-state index is 13.4. The standard InChI is InChI=1S/C20H21ClFN3OS/c1-12-5-8-17-18(13(12)2)23-20(27-17)25(10-9-24(3)4)19(26)15-7-6-14(22)11-16(15)21/h5-8,11H,9-10H2,1-4H3. The van der Waals surface area contributed by atoms with E-state index < -0.39 is 5.82 Å². The molecule has 1 amide bonds. The van der Waals surface area contributed by atoms with Crippen LogP contribution >= 0.6 is 22.9 Å². The highest BCUT2D eigenvalue weighted by atomic mass is 35.5. The van der Waals surface area contributed by atoms with E-state index in [9.17, 15) is 9.18 Å². The zero-order valence-corrected chi connectivity index (χ0v) is 17.3. The molecule has 1 aromatic heterocycles. The van der Waals surface area contributed by atoms with E-state index in [1.165, 1.54) is 23.5 Å². The van der Waals surface area contributed by atoms with Crippen LogP contribution in [0.1, 0.15) is 21.5 Å². The van der Waals surface area contributed by atoms with Crippen molar-refractivity contribution in [1.29, 1.82) is 0 Å². The van der Waals surface area contributed by atoms with Crippen LogP contribution in [0.5, 0.6) is 0 Å². The number of rotatable bonds is 5. The average molecular weight is 406 g/mol. The molecule has 3 rings (SSSR count). The monoisotopic (exact) mass is 405 g/mol. The van der Waals surface area contributed by atoms with Crippen molar-refractivity contribution in [1.82, 2.24) is 9.88 Å². The topological polar surface area (TPSA) is 36.4 Å². The highest BCUT2D eigenvalue weighted by Gasteiger charge is 2.24. The largest absolute Gasteiger partial charge is 0.308 e. The van der Waals surface area contributed by atoms with Gasteiger partial charge in [0.2, 0.25) is 0 Å². The summed E-state index contributed by atoms with van der Waals surface area (Å²) in [6.45, 7) is 5.20. The molecule has 142 valence electrons. The van der Waals surface area contributed by atoms with E-state index in [4.69, 9.17) is 16.6 Å². The summed E-state index contributed by atoms with van der Waals surface area (Å²) in [6.07, 6.45) is 0. The number of thiazole rings is 1. The van der Waals surface area contributed by atoms with Crippen molar-refractivity contribution < 1.29 is 9.18 Å². The number of hydrogen-bond acceptors (Lipinski definition) is 4. The minimum atomic E-state index is -0.470. The van der Waals surface area contributed by atoms with Crippen molar-refractivity contribution in [2.75, 3.05) is 32.1 Å². The van der Waals surface area contributed by atoms with E-state index in [-0.39, 0.29) is 16.5 Å². The molecule has 0 bridgehead atoms. The zero-order chi connectivity index (χ0) is 19.7. The van der Waals surface area contributed by atoms with Crippen LogP contribution in [0.4, 0.5) is 9.52 Å². The molecule has 7 heteroatoms. The summed E-state index contributed by atoms with van der Waals surface area (Å²) in [4.78, 5) is 21.5. The van der Waals surface area contributed by atoms with Gasteiger partial charge in [0.05, 0.1) is 20.8 Å². The van der Waals surface area contributed by atoms with Crippen LogP contribution in [0.15, 0.2) is 30.3 Å². The first-order chi connectivity index (χ1) is 12.8. The number of nitrogens with zero attached hydrogens (tertiary/aromatic N) is 3. The number of carbonyl (C=O) groups is 1. The van der Waals surface area contributed by atoms with Gasteiger partial charge in [-0.3, -0.25) is 9.69 Å². The maximum absolute atomic E-state index is 13.4. The zero-order valence-electron chi connectivity index (χ0n) is 15.7. The highest BCUT2D eigenvalue weighted by Crippen LogP contribution is 2.33. The minimum absolute atomic E-state index is 0.1000. The molecule has 4 nitrogen and oxygen atoms in total. The van der Waals surface area contributed by atoms with Crippen molar-refractivity contribution in [3.63, 3.8) is 0 Å². The second-order valence-corrected chi connectivity index (χ2v) is 8.15. The van der Waals surface area contributed by atoms with Crippen molar-refractivity contribution >= 4 is 44.2 Å². The molecule has 0 aliphatic carbocycles. The van der Waals surface area contributed by atoms with Gasteiger partial charge in [0.15, 0.2) is 5.13 Å². The summed E-state index contributed by atoms with van der Waals surface area (Å²) < 4.78 is 14.4. The molecule has 0 aliphatic heterocycles. The fraction of sp³-hybridized carbons (Fsp3) is 0.300. The van der Waals surface area contributed by atoms with Crippen LogP contribution in [0.2, 0.25) is 5.02 Å². The number of likely N-dealkylation sites (N-methyl/N-ethyl adjacent to an activating group) is 1. The van der Waals surface area contributed by atoms with Gasteiger partial charge in [0, 0.05) is 13.1 Å². The number of benzene rings is 2. The summed E-state index contributed by atoms with van der Waals surface area (Å²) in [5.41, 5.74) is 3.44. The fourth-order valence-electron chi connectivity index (χ4n) is 2.72. The van der Waals surface area contributed by atoms with Gasteiger partial charge in [0.25, 0.3) is 5.91 Å². The van der Waals surface area contributed by atoms with E-state index in [1.54, 1.807) is 4.90 Å². The number of anilines is 1. The first-order valence-corrected chi connectivity index (χ1v) is 9.75. The number of amides is 1. The number of hydrogen-bond donors (Lipinski definition) is 0. The van der Waals surface area contributed by atoms with Crippen LogP contribution in [-0.2, 0) is 0 Å². The molecule has 3 aromatic rings. The first kappa shape index (κ1) is 19.7. The van der Waals surface area contributed by atoms with Gasteiger partial charge in [-0.1, -0.05) is 29.0 Å². The molecule has 0 saturated heterocycles. The van der Waals surface area contributed by atoms with E-state index in [0.717, 1.165) is 27.4 Å². The van der Waals surface area contributed by atoms with Gasteiger partial charge >= 0.3 is 0 Å². The molecule has 0 atom stereocenters. The summed E-state index contributed by atoms with van der Waals surface area (Å²) in [5.74, 6) is -0.752. The van der Waals surface area contributed by atoms with Crippen LogP contribution in [0.3, 0.4) is 0 Å². The predicted molar refractivity (Wildman–Crippen MR) is 111 cm³/mol. The van der Waals surface area contributed by atoms with E-state index >= 15 is 0 Å². The molecule has 0 aliphatic rings. The number of halogens is 2. The third kappa shape index (κ3) is 4.13. The van der Waals surface area contributed by atoms with Gasteiger partial charge in [-0.15, -0.1) is 0 Å². The second kappa shape index (κ2) is 7.92. The van der Waals surface area contributed by atoms with E-state index in [2.05, 4.69) is 6.07 Å². The van der Waals surface area contributed by atoms with Crippen LogP contribution in [0.25, 0.3) is 10.2 Å². The molecule has 0 radical (unpaired) electrons. The number of aromatic nitrogens is 1. The maximum Gasteiger partial charge on any atom is 0.261 e. The molecule has 0 unspecified atom stereocenters. The Morgan fingerprint density at radius 1 is 1.19 bits per heavy atom. The van der Waals surface area contributed by atoms with Gasteiger partial charge < -0.3 is 4.90 Å². The minimum Gasteiger partial charge on any atom is -0.308 e. The Balaban J connectivity index is 2.05. The van der Waals surface area contributed by atoms with Gasteiger partial charge in [-0.05, 0) is 63.3 Å². The summed E-state index contributed by atoms with van der Waals surface area (Å²) >= 11 is 7.60. The Morgan fingerprint density at radius 3 is 2.59 bits per heavy atom. The van der Waals surface area contributed by atoms with E-state index in [0.29, 0.717) is 18.2 Å². The lowest BCUT2D eigenvalue weighted by molar-refractivity contribution is 0.0985. The third-order valence-electron chi connectivity index (χ3n) is 4.48. The Bertz CT molecular complexity index is 1000. The molecule has 27 heavy (non-hydrogen) atoms. The Hall–Kier alpha value is -2.02. The SMILES string of the molecule is Cc1ccc2sc(N(CCN(C)C)C(=O)c3ccc(F)cc3Cl)nc2c1C. The van der Waals surface area contributed by atoms with Crippen molar-refractivity contribution in [3.05, 3.63) is 57.9 Å². The third-order valence-corrected chi connectivity index (χ3v) is 5.84. The molecule has 0 saturated carbocycles.